The van der Waals surface area contributed by atoms with Crippen molar-refractivity contribution in [2.24, 2.45) is 23.1 Å². The number of nitrogens with one attached hydrogen (secondary N) is 8. The molecule has 0 aliphatic heterocycles. The molecule has 0 aliphatic carbocycles. The summed E-state index contributed by atoms with van der Waals surface area (Å²) in [6.07, 6.45) is 4.51. The number of aliphatic hydroxyl groups is 1. The number of carboxylic acids is 1. The SMILES string of the molecule is CC(C)C[C@H](NC(=O)[C@@H](CCCCNC(N)=O)NC(=O)[C@H](Cc1ccccc1)NC(=O)[C@H](CO)NC(=O)[C@@H](Cc1cccnc1)NC(=O)[C@@H](Cc1ccccc1)NC(=O)[C@H](N)Cc1ccc2ccccc2c1)C(=O)N[C@@H](CCCCN)C(=O)O. The molecule has 23 nitrogen and oxygen atoms in total. The normalized spacial score (nSPS) is 14.0. The second kappa shape index (κ2) is 34.6. The lowest BCUT2D eigenvalue weighted by Gasteiger charge is -2.28. The van der Waals surface area contributed by atoms with Gasteiger partial charge in [-0.15, -0.1) is 0 Å². The lowest BCUT2D eigenvalue weighted by molar-refractivity contribution is -0.142. The standard InChI is InChI=1S/C61H80N12O11/c1-38(2)30-48(55(77)68-47(60(82)83)24-11-13-27-62)70-54(76)46(23-12-14-29-66-61(64)84)67-56(78)50(34-40-18-7-4-8-19-40)72-59(81)52(37-74)73-58(80)51(35-42-20-15-28-65-36-42)71-57(79)49(33-39-16-5-3-6-17-39)69-53(75)45(63)32-41-25-26-43-21-9-10-22-44(43)31-41/h3-10,15-22,25-26,28,31,36,38,45-52,74H,11-14,23-24,27,29-30,32-35,37,62-63H2,1-2H3,(H,67,78)(H,68,77)(H,69,75)(H,70,76)(H,71,79)(H,72,81)(H,73,80)(H,82,83)(H3,64,66,84)/t45-,46-,47+,48+,49-,50+,51-,52+/m1/s1. The van der Waals surface area contributed by atoms with Gasteiger partial charge in [-0.05, 0) is 103 Å². The summed E-state index contributed by atoms with van der Waals surface area (Å²) in [6, 6.07) is 22.7. The number of urea groups is 1. The first-order chi connectivity index (χ1) is 40.3. The number of aromatic nitrogens is 1. The Kier molecular flexibility index (Phi) is 27.2. The first kappa shape index (κ1) is 66.0. The molecule has 450 valence electrons. The van der Waals surface area contributed by atoms with Crippen LogP contribution in [0.3, 0.4) is 0 Å². The van der Waals surface area contributed by atoms with Crippen molar-refractivity contribution in [2.45, 2.75) is 133 Å². The maximum absolute atomic E-state index is 14.6. The fraction of sp³-hybridized carbons (Fsp3) is 0.410. The number of nitrogens with two attached hydrogens (primary N) is 3. The zero-order valence-electron chi connectivity index (χ0n) is 47.5. The van der Waals surface area contributed by atoms with Crippen molar-refractivity contribution in [3.8, 4) is 0 Å². The predicted molar refractivity (Wildman–Crippen MR) is 316 cm³/mol. The van der Waals surface area contributed by atoms with Crippen LogP contribution < -0.4 is 59.7 Å². The van der Waals surface area contributed by atoms with Gasteiger partial charge in [0.15, 0.2) is 0 Å². The van der Waals surface area contributed by atoms with Crippen LogP contribution in [0.5, 0.6) is 0 Å². The van der Waals surface area contributed by atoms with Gasteiger partial charge in [0.25, 0.3) is 0 Å². The van der Waals surface area contributed by atoms with Gasteiger partial charge in [-0.1, -0.05) is 123 Å². The Labute approximate surface area is 488 Å². The number of hydrogen-bond donors (Lipinski definition) is 13. The van der Waals surface area contributed by atoms with Gasteiger partial charge >= 0.3 is 12.0 Å². The van der Waals surface area contributed by atoms with Crippen LogP contribution >= 0.6 is 0 Å². The Morgan fingerprint density at radius 3 is 1.50 bits per heavy atom. The van der Waals surface area contributed by atoms with E-state index in [1.165, 1.54) is 12.4 Å². The fourth-order valence-corrected chi connectivity index (χ4v) is 9.31. The summed E-state index contributed by atoms with van der Waals surface area (Å²) in [7, 11) is 0. The fourth-order valence-electron chi connectivity index (χ4n) is 9.31. The summed E-state index contributed by atoms with van der Waals surface area (Å²) in [5.41, 5.74) is 19.9. The van der Waals surface area contributed by atoms with Gasteiger partial charge in [0.2, 0.25) is 41.4 Å². The number of carbonyl (C=O) groups is 9. The lowest BCUT2D eigenvalue weighted by atomic mass is 10.00. The van der Waals surface area contributed by atoms with Gasteiger partial charge < -0.3 is 69.9 Å². The van der Waals surface area contributed by atoms with E-state index in [4.69, 9.17) is 17.2 Å². The quantitative estimate of drug-likeness (QED) is 0.0255. The molecule has 0 saturated carbocycles. The van der Waals surface area contributed by atoms with Crippen molar-refractivity contribution in [1.82, 2.24) is 47.5 Å². The smallest absolute Gasteiger partial charge is 0.326 e. The molecule has 9 amide bonds. The molecule has 0 unspecified atom stereocenters. The highest BCUT2D eigenvalue weighted by Crippen LogP contribution is 2.18. The van der Waals surface area contributed by atoms with Crippen LogP contribution in [-0.2, 0) is 64.0 Å². The number of amides is 9. The van der Waals surface area contributed by atoms with E-state index in [9.17, 15) is 53.4 Å². The molecule has 0 radical (unpaired) electrons. The Morgan fingerprint density at radius 2 is 0.952 bits per heavy atom. The minimum absolute atomic E-state index is 0.000928. The summed E-state index contributed by atoms with van der Waals surface area (Å²) in [5.74, 6) is -7.18. The largest absolute Gasteiger partial charge is 0.480 e. The maximum atomic E-state index is 14.6. The number of aliphatic hydroxyl groups excluding tert-OH is 1. The number of primary amides is 1. The van der Waals surface area contributed by atoms with Crippen molar-refractivity contribution in [2.75, 3.05) is 19.7 Å². The molecule has 16 N–H and O–H groups in total. The molecule has 0 bridgehead atoms. The molecule has 0 aliphatic rings. The zero-order valence-corrected chi connectivity index (χ0v) is 47.5. The van der Waals surface area contributed by atoms with Crippen molar-refractivity contribution in [1.29, 1.82) is 0 Å². The number of unbranched alkanes of at least 4 members (excludes halogenated alkanes) is 2. The van der Waals surface area contributed by atoms with Crippen molar-refractivity contribution in [3.63, 3.8) is 0 Å². The van der Waals surface area contributed by atoms with E-state index >= 15 is 0 Å². The maximum Gasteiger partial charge on any atom is 0.326 e. The van der Waals surface area contributed by atoms with E-state index in [0.717, 1.165) is 16.3 Å². The van der Waals surface area contributed by atoms with Crippen LogP contribution in [0.1, 0.15) is 81.0 Å². The Bertz CT molecular complexity index is 2960. The number of benzene rings is 4. The molecule has 5 rings (SSSR count). The molecule has 23 heteroatoms. The number of hydrogen-bond acceptors (Lipinski definition) is 13. The van der Waals surface area contributed by atoms with Gasteiger partial charge in [-0.25, -0.2) is 9.59 Å². The number of rotatable bonds is 35. The van der Waals surface area contributed by atoms with Crippen LogP contribution in [0.2, 0.25) is 0 Å². The molecule has 8 atom stereocenters. The molecule has 4 aromatic carbocycles. The molecule has 1 aromatic heterocycles. The minimum Gasteiger partial charge on any atom is -0.480 e. The topological polar surface area (TPSA) is 381 Å². The summed E-state index contributed by atoms with van der Waals surface area (Å²) in [6.45, 7) is 3.09. The average Bonchev–Trinajstić information content (AvgIpc) is 3.65. The number of nitrogens with zero attached hydrogens (tertiary/aromatic N) is 1. The van der Waals surface area contributed by atoms with E-state index in [2.05, 4.69) is 47.5 Å². The molecule has 5 aromatic rings. The number of carbonyl (C=O) groups excluding carboxylic acids is 8. The molecular weight excluding hydrogens is 1080 g/mol. The number of fused-ring (bicyclic) bond motifs is 1. The van der Waals surface area contributed by atoms with E-state index in [0.29, 0.717) is 42.5 Å². The van der Waals surface area contributed by atoms with E-state index in [1.807, 2.05) is 42.5 Å². The minimum atomic E-state index is -1.72. The summed E-state index contributed by atoms with van der Waals surface area (Å²) in [4.78, 5) is 127. The Hall–Kier alpha value is -8.80. The average molecular weight is 1160 g/mol. The number of aliphatic carboxylic acids is 1. The van der Waals surface area contributed by atoms with Crippen LogP contribution in [0.25, 0.3) is 10.8 Å². The van der Waals surface area contributed by atoms with Gasteiger partial charge in [0, 0.05) is 38.2 Å². The van der Waals surface area contributed by atoms with Crippen molar-refractivity contribution >= 4 is 64.1 Å². The molecule has 0 saturated heterocycles. The predicted octanol–water partition coefficient (Wildman–Crippen LogP) is 1.32. The number of pyridine rings is 1. The Balaban J connectivity index is 1.37. The van der Waals surface area contributed by atoms with E-state index in [1.54, 1.807) is 86.6 Å². The zero-order chi connectivity index (χ0) is 61.0. The van der Waals surface area contributed by atoms with Gasteiger partial charge in [0.05, 0.1) is 12.6 Å². The van der Waals surface area contributed by atoms with E-state index in [-0.39, 0.29) is 63.8 Å². The highest BCUT2D eigenvalue weighted by Gasteiger charge is 2.35. The summed E-state index contributed by atoms with van der Waals surface area (Å²) < 4.78 is 0. The summed E-state index contributed by atoms with van der Waals surface area (Å²) >= 11 is 0. The van der Waals surface area contributed by atoms with Crippen LogP contribution in [0.15, 0.2) is 128 Å². The third-order valence-corrected chi connectivity index (χ3v) is 13.8. The first-order valence-corrected chi connectivity index (χ1v) is 28.2. The number of carboxylic acid groups (broad SMARTS) is 1. The van der Waals surface area contributed by atoms with E-state index < -0.39 is 108 Å². The molecular formula is C61H80N12O11. The van der Waals surface area contributed by atoms with Crippen molar-refractivity contribution in [3.05, 3.63) is 150 Å². The second-order valence-electron chi connectivity index (χ2n) is 21.1. The van der Waals surface area contributed by atoms with Crippen LogP contribution in [0.4, 0.5) is 4.79 Å². The third kappa shape index (κ3) is 22.5. The molecule has 0 spiro atoms. The highest BCUT2D eigenvalue weighted by molar-refractivity contribution is 5.98. The summed E-state index contributed by atoms with van der Waals surface area (Å²) in [5, 5.41) is 43.7. The lowest BCUT2D eigenvalue weighted by Crippen LogP contribution is -2.61. The molecule has 1 heterocycles. The monoisotopic (exact) mass is 1160 g/mol. The van der Waals surface area contributed by atoms with Crippen molar-refractivity contribution < 1.29 is 53.4 Å². The Morgan fingerprint density at radius 1 is 0.488 bits per heavy atom. The third-order valence-electron chi connectivity index (χ3n) is 13.8. The van der Waals surface area contributed by atoms with Crippen LogP contribution in [-0.4, -0.2) is 137 Å². The van der Waals surface area contributed by atoms with Crippen LogP contribution in [0, 0.1) is 5.92 Å². The highest BCUT2D eigenvalue weighted by atomic mass is 16.4. The van der Waals surface area contributed by atoms with Gasteiger partial charge in [0.1, 0.15) is 42.3 Å². The van der Waals surface area contributed by atoms with Gasteiger partial charge in [-0.2, -0.15) is 0 Å². The molecule has 84 heavy (non-hydrogen) atoms. The molecule has 0 fully saturated rings. The second-order valence-corrected chi connectivity index (χ2v) is 21.1. The first-order valence-electron chi connectivity index (χ1n) is 28.2. The van der Waals surface area contributed by atoms with Gasteiger partial charge in [-0.3, -0.25) is 38.5 Å².